The first-order valence-electron chi connectivity index (χ1n) is 8.73. The molecule has 0 radical (unpaired) electrons. The Morgan fingerprint density at radius 1 is 1.12 bits per heavy atom. The summed E-state index contributed by atoms with van der Waals surface area (Å²) in [5.74, 6) is 0.798. The standard InChI is InChI=1S/C19H34O5Si/c1-14(23-13-15-8-10-16(22-5)11-9-15)18(17(21)12-20)24-25(6,7)19(2,3)4/h8-11,14,17-18,20-21H,12-13H2,1-7H3/t14-,17?,18-/m0/s1. The van der Waals surface area contributed by atoms with Gasteiger partial charge in [0.05, 0.1) is 32.5 Å². The summed E-state index contributed by atoms with van der Waals surface area (Å²) in [5.41, 5.74) is 1.01. The molecule has 0 amide bonds. The van der Waals surface area contributed by atoms with Crippen LogP contribution in [0.2, 0.25) is 18.1 Å². The lowest BCUT2D eigenvalue weighted by Crippen LogP contribution is -2.52. The minimum atomic E-state index is -2.10. The molecule has 0 saturated carbocycles. The summed E-state index contributed by atoms with van der Waals surface area (Å²) in [7, 11) is -0.467. The zero-order valence-electron chi connectivity index (χ0n) is 16.6. The van der Waals surface area contributed by atoms with Crippen molar-refractivity contribution in [3.05, 3.63) is 29.8 Å². The fourth-order valence-electron chi connectivity index (χ4n) is 2.15. The van der Waals surface area contributed by atoms with E-state index in [0.29, 0.717) is 6.61 Å². The minimum Gasteiger partial charge on any atom is -0.497 e. The summed E-state index contributed by atoms with van der Waals surface area (Å²) in [4.78, 5) is 0. The maximum atomic E-state index is 10.2. The van der Waals surface area contributed by atoms with Gasteiger partial charge in [-0.1, -0.05) is 32.9 Å². The van der Waals surface area contributed by atoms with Crippen LogP contribution in [-0.2, 0) is 15.8 Å². The molecule has 5 nitrogen and oxygen atoms in total. The minimum absolute atomic E-state index is 0.0100. The van der Waals surface area contributed by atoms with Gasteiger partial charge in [0.2, 0.25) is 0 Å². The number of aliphatic hydroxyl groups is 2. The Morgan fingerprint density at radius 2 is 1.68 bits per heavy atom. The second-order valence-electron chi connectivity index (χ2n) is 7.96. The number of hydrogen-bond donors (Lipinski definition) is 2. The van der Waals surface area contributed by atoms with Crippen molar-refractivity contribution in [2.24, 2.45) is 0 Å². The van der Waals surface area contributed by atoms with E-state index in [0.717, 1.165) is 11.3 Å². The summed E-state index contributed by atoms with van der Waals surface area (Å²) in [5, 5.41) is 19.7. The second-order valence-corrected chi connectivity index (χ2v) is 12.7. The van der Waals surface area contributed by atoms with E-state index in [1.165, 1.54) is 0 Å². The largest absolute Gasteiger partial charge is 0.497 e. The van der Waals surface area contributed by atoms with Crippen LogP contribution >= 0.6 is 0 Å². The number of aliphatic hydroxyl groups excluding tert-OH is 2. The molecule has 3 atom stereocenters. The molecule has 1 rings (SSSR count). The Balaban J connectivity index is 2.77. The topological polar surface area (TPSA) is 68.2 Å². The average Bonchev–Trinajstić information content (AvgIpc) is 2.56. The van der Waals surface area contributed by atoms with Crippen LogP contribution in [-0.4, -0.2) is 50.6 Å². The molecule has 0 bridgehead atoms. The lowest BCUT2D eigenvalue weighted by molar-refractivity contribution is -0.0928. The van der Waals surface area contributed by atoms with Crippen molar-refractivity contribution in [2.75, 3.05) is 13.7 Å². The van der Waals surface area contributed by atoms with Crippen molar-refractivity contribution in [1.82, 2.24) is 0 Å². The summed E-state index contributed by atoms with van der Waals surface area (Å²) in [6.07, 6.45) is -1.89. The third kappa shape index (κ3) is 6.38. The van der Waals surface area contributed by atoms with Crippen LogP contribution in [0.5, 0.6) is 5.75 Å². The predicted octanol–water partition coefficient (Wildman–Crippen LogP) is 3.34. The van der Waals surface area contributed by atoms with Gasteiger partial charge in [-0.15, -0.1) is 0 Å². The van der Waals surface area contributed by atoms with Crippen LogP contribution in [0.4, 0.5) is 0 Å². The summed E-state index contributed by atoms with van der Waals surface area (Å²) >= 11 is 0. The number of methoxy groups -OCH3 is 1. The molecule has 0 saturated heterocycles. The quantitative estimate of drug-likeness (QED) is 0.653. The second kappa shape index (κ2) is 9.14. The molecule has 1 aromatic carbocycles. The third-order valence-electron chi connectivity index (χ3n) is 4.94. The highest BCUT2D eigenvalue weighted by molar-refractivity contribution is 6.74. The monoisotopic (exact) mass is 370 g/mol. The Bertz CT molecular complexity index is 510. The van der Waals surface area contributed by atoms with Crippen LogP contribution in [0, 0.1) is 0 Å². The van der Waals surface area contributed by atoms with E-state index in [1.54, 1.807) is 7.11 Å². The predicted molar refractivity (Wildman–Crippen MR) is 102 cm³/mol. The normalized spacial score (nSPS) is 16.4. The zero-order chi connectivity index (χ0) is 19.3. The van der Waals surface area contributed by atoms with Gasteiger partial charge in [0.25, 0.3) is 0 Å². The molecule has 0 heterocycles. The van der Waals surface area contributed by atoms with E-state index >= 15 is 0 Å². The lowest BCUT2D eigenvalue weighted by atomic mass is 10.1. The molecule has 0 aromatic heterocycles. The van der Waals surface area contributed by atoms with Crippen LogP contribution in [0.25, 0.3) is 0 Å². The van der Waals surface area contributed by atoms with Gasteiger partial charge in [0, 0.05) is 0 Å². The first-order chi connectivity index (χ1) is 11.5. The fraction of sp³-hybridized carbons (Fsp3) is 0.684. The Morgan fingerprint density at radius 3 is 2.12 bits per heavy atom. The first kappa shape index (κ1) is 22.1. The highest BCUT2D eigenvalue weighted by atomic mass is 28.4. The molecule has 25 heavy (non-hydrogen) atoms. The van der Waals surface area contributed by atoms with Gasteiger partial charge in [-0.25, -0.2) is 0 Å². The molecular formula is C19H34O5Si. The van der Waals surface area contributed by atoms with Crippen LogP contribution < -0.4 is 4.74 Å². The number of hydrogen-bond acceptors (Lipinski definition) is 5. The molecule has 0 spiro atoms. The maximum Gasteiger partial charge on any atom is 0.192 e. The highest BCUT2D eigenvalue weighted by Crippen LogP contribution is 2.38. The lowest BCUT2D eigenvalue weighted by Gasteiger charge is -2.41. The van der Waals surface area contributed by atoms with Gasteiger partial charge in [-0.05, 0) is 42.8 Å². The van der Waals surface area contributed by atoms with Crippen molar-refractivity contribution >= 4 is 8.32 Å². The Hall–Kier alpha value is -0.923. The molecule has 0 aliphatic carbocycles. The van der Waals surface area contributed by atoms with Gasteiger partial charge >= 0.3 is 0 Å². The van der Waals surface area contributed by atoms with Crippen LogP contribution in [0.15, 0.2) is 24.3 Å². The van der Waals surface area contributed by atoms with Gasteiger partial charge in [0.15, 0.2) is 8.32 Å². The summed E-state index contributed by atoms with van der Waals surface area (Å²) in [6.45, 7) is 12.6. The maximum absolute atomic E-state index is 10.2. The van der Waals surface area contributed by atoms with Crippen LogP contribution in [0.3, 0.4) is 0 Å². The third-order valence-corrected chi connectivity index (χ3v) is 9.41. The molecule has 144 valence electrons. The van der Waals surface area contributed by atoms with Crippen LogP contribution in [0.1, 0.15) is 33.3 Å². The molecule has 2 N–H and O–H groups in total. The van der Waals surface area contributed by atoms with Crippen molar-refractivity contribution in [3.8, 4) is 5.75 Å². The first-order valence-corrected chi connectivity index (χ1v) is 11.6. The van der Waals surface area contributed by atoms with Gasteiger partial charge in [0.1, 0.15) is 11.9 Å². The zero-order valence-corrected chi connectivity index (χ0v) is 17.6. The number of benzene rings is 1. The van der Waals surface area contributed by atoms with E-state index in [1.807, 2.05) is 31.2 Å². The van der Waals surface area contributed by atoms with Gasteiger partial charge < -0.3 is 24.1 Å². The van der Waals surface area contributed by atoms with Crippen molar-refractivity contribution in [2.45, 2.75) is 70.7 Å². The SMILES string of the molecule is COc1ccc(CO[C@@H](C)[C@H](O[Si](C)(C)C(C)(C)C)C(O)CO)cc1. The molecule has 1 aromatic rings. The number of ether oxygens (including phenoxy) is 2. The van der Waals surface area contributed by atoms with Crippen molar-refractivity contribution in [1.29, 1.82) is 0 Å². The van der Waals surface area contributed by atoms with E-state index in [4.69, 9.17) is 13.9 Å². The summed E-state index contributed by atoms with van der Waals surface area (Å²) in [6, 6.07) is 7.65. The molecular weight excluding hydrogens is 336 g/mol. The average molecular weight is 371 g/mol. The highest BCUT2D eigenvalue weighted by Gasteiger charge is 2.42. The van der Waals surface area contributed by atoms with E-state index in [9.17, 15) is 10.2 Å². The van der Waals surface area contributed by atoms with Crippen molar-refractivity contribution in [3.63, 3.8) is 0 Å². The van der Waals surface area contributed by atoms with Gasteiger partial charge in [-0.3, -0.25) is 0 Å². The molecule has 0 aliphatic rings. The van der Waals surface area contributed by atoms with Crippen molar-refractivity contribution < 1.29 is 24.1 Å². The Kier molecular flexibility index (Phi) is 8.09. The summed E-state index contributed by atoms with van der Waals surface area (Å²) < 4.78 is 17.4. The number of rotatable bonds is 9. The molecule has 1 unspecified atom stereocenters. The molecule has 0 aliphatic heterocycles. The fourth-order valence-corrected chi connectivity index (χ4v) is 3.54. The molecule has 6 heteroatoms. The van der Waals surface area contributed by atoms with E-state index < -0.39 is 20.5 Å². The smallest absolute Gasteiger partial charge is 0.192 e. The van der Waals surface area contributed by atoms with E-state index in [2.05, 4.69) is 33.9 Å². The van der Waals surface area contributed by atoms with E-state index in [-0.39, 0.29) is 17.7 Å². The molecule has 0 fully saturated rings. The Labute approximate surface area is 153 Å². The van der Waals surface area contributed by atoms with Gasteiger partial charge in [-0.2, -0.15) is 0 Å².